The average Bonchev–Trinajstić information content (AvgIpc) is 3.06. The summed E-state index contributed by atoms with van der Waals surface area (Å²) in [5.74, 6) is 0.625. The Labute approximate surface area is 161 Å². The van der Waals surface area contributed by atoms with Crippen molar-refractivity contribution >= 4 is 17.1 Å². The third-order valence-electron chi connectivity index (χ3n) is 5.11. The van der Waals surface area contributed by atoms with E-state index >= 15 is 0 Å². The number of carbonyl (C=O) groups is 1. The summed E-state index contributed by atoms with van der Waals surface area (Å²) in [6.07, 6.45) is 0.700. The number of likely N-dealkylation sites (tertiary alicyclic amines) is 1. The lowest BCUT2D eigenvalue weighted by Crippen LogP contribution is -2.48. The Morgan fingerprint density at radius 3 is 2.93 bits per heavy atom. The molecule has 4 rings (SSSR count). The molecule has 0 spiro atoms. The van der Waals surface area contributed by atoms with Crippen LogP contribution in [0.2, 0.25) is 0 Å². The van der Waals surface area contributed by atoms with Crippen molar-refractivity contribution in [3.05, 3.63) is 48.0 Å². The van der Waals surface area contributed by atoms with E-state index in [1.165, 1.54) is 12.1 Å². The highest BCUT2D eigenvalue weighted by atomic mass is 19.1. The van der Waals surface area contributed by atoms with Crippen LogP contribution in [0, 0.1) is 5.82 Å². The lowest BCUT2D eigenvalue weighted by Gasteiger charge is -2.38. The fourth-order valence-corrected chi connectivity index (χ4v) is 3.66. The van der Waals surface area contributed by atoms with Crippen molar-refractivity contribution in [2.24, 2.45) is 0 Å². The van der Waals surface area contributed by atoms with Gasteiger partial charge >= 0.3 is 6.09 Å². The molecule has 0 unspecified atom stereocenters. The highest BCUT2D eigenvalue weighted by Crippen LogP contribution is 2.37. The number of pyridine rings is 1. The maximum Gasteiger partial charge on any atom is 0.404 e. The van der Waals surface area contributed by atoms with Crippen LogP contribution in [0.3, 0.4) is 0 Å². The smallest absolute Gasteiger partial charge is 0.404 e. The van der Waals surface area contributed by atoms with Crippen LogP contribution >= 0.6 is 0 Å². The van der Waals surface area contributed by atoms with Gasteiger partial charge in [0, 0.05) is 54.9 Å². The molecule has 0 bridgehead atoms. The predicted molar refractivity (Wildman–Crippen MR) is 103 cm³/mol. The zero-order chi connectivity index (χ0) is 19.7. The number of nitrogens with zero attached hydrogens (tertiary/aromatic N) is 2. The summed E-state index contributed by atoms with van der Waals surface area (Å²) in [6.45, 7) is 2.81. The maximum absolute atomic E-state index is 13.8. The molecule has 0 atom stereocenters. The number of fused-ring (bicyclic) bond motifs is 1. The molecule has 0 saturated carbocycles. The van der Waals surface area contributed by atoms with Gasteiger partial charge in [-0.15, -0.1) is 0 Å². The fraction of sp³-hybridized carbons (Fsp3) is 0.300. The maximum atomic E-state index is 13.8. The number of H-pyrrole nitrogens is 1. The molecule has 1 aliphatic rings. The molecule has 0 radical (unpaired) electrons. The van der Waals surface area contributed by atoms with E-state index in [2.05, 4.69) is 26.3 Å². The first-order chi connectivity index (χ1) is 13.5. The summed E-state index contributed by atoms with van der Waals surface area (Å²) in [7, 11) is 1.57. The summed E-state index contributed by atoms with van der Waals surface area (Å²) in [4.78, 5) is 20.5. The number of halogens is 1. The number of amides is 1. The first kappa shape index (κ1) is 18.2. The van der Waals surface area contributed by atoms with Gasteiger partial charge in [0.1, 0.15) is 17.2 Å². The van der Waals surface area contributed by atoms with Gasteiger partial charge in [-0.05, 0) is 35.9 Å². The number of methoxy groups -OCH3 is 1. The number of aromatic amines is 1. The number of hydrogen-bond acceptors (Lipinski definition) is 4. The lowest BCUT2D eigenvalue weighted by molar-refractivity contribution is 0.144. The molecular weight excluding hydrogens is 363 g/mol. The van der Waals surface area contributed by atoms with Crippen molar-refractivity contribution in [3.63, 3.8) is 0 Å². The van der Waals surface area contributed by atoms with Gasteiger partial charge < -0.3 is 25.0 Å². The summed E-state index contributed by atoms with van der Waals surface area (Å²) >= 11 is 0. The number of aromatic nitrogens is 2. The minimum atomic E-state index is -1.00. The van der Waals surface area contributed by atoms with Gasteiger partial charge in [-0.3, -0.25) is 0 Å². The van der Waals surface area contributed by atoms with Gasteiger partial charge in [-0.2, -0.15) is 0 Å². The molecule has 1 aromatic carbocycles. The quantitative estimate of drug-likeness (QED) is 0.608. The standard InChI is InChI=1S/C20H21FN4O3/c1-28-18-3-2-13(21)8-15(18)14-4-5-22-19-16(14)9-17(24-19)12-10-25(11-12)7-6-23-20(26)27/h2-5,8-9,12,23H,6-7,10-11H2,1H3,(H,22,24)(H,26,27). The molecule has 28 heavy (non-hydrogen) atoms. The monoisotopic (exact) mass is 384 g/mol. The topological polar surface area (TPSA) is 90.5 Å². The second kappa shape index (κ2) is 7.47. The van der Waals surface area contributed by atoms with E-state index < -0.39 is 6.09 Å². The number of nitrogens with one attached hydrogen (secondary N) is 2. The van der Waals surface area contributed by atoms with Crippen molar-refractivity contribution < 1.29 is 19.0 Å². The van der Waals surface area contributed by atoms with Crippen molar-refractivity contribution in [2.75, 3.05) is 33.3 Å². The molecule has 8 heteroatoms. The fourth-order valence-electron chi connectivity index (χ4n) is 3.66. The van der Waals surface area contributed by atoms with Crippen molar-refractivity contribution in [1.82, 2.24) is 20.2 Å². The molecule has 0 aliphatic carbocycles. The van der Waals surface area contributed by atoms with E-state index in [0.717, 1.165) is 35.4 Å². The van der Waals surface area contributed by atoms with Gasteiger partial charge in [0.05, 0.1) is 7.11 Å². The van der Waals surface area contributed by atoms with Gasteiger partial charge in [-0.1, -0.05) is 0 Å². The number of ether oxygens (including phenoxy) is 1. The van der Waals surface area contributed by atoms with E-state index in [1.54, 1.807) is 19.4 Å². The predicted octanol–water partition coefficient (Wildman–Crippen LogP) is 3.04. The Morgan fingerprint density at radius 2 is 2.18 bits per heavy atom. The third-order valence-corrected chi connectivity index (χ3v) is 5.11. The normalized spacial score (nSPS) is 14.8. The van der Waals surface area contributed by atoms with E-state index in [1.807, 2.05) is 6.07 Å². The highest BCUT2D eigenvalue weighted by molar-refractivity contribution is 5.95. The minimum Gasteiger partial charge on any atom is -0.496 e. The van der Waals surface area contributed by atoms with Crippen molar-refractivity contribution in [1.29, 1.82) is 0 Å². The van der Waals surface area contributed by atoms with E-state index in [4.69, 9.17) is 9.84 Å². The highest BCUT2D eigenvalue weighted by Gasteiger charge is 2.29. The van der Waals surface area contributed by atoms with Crippen LogP contribution in [0.5, 0.6) is 5.75 Å². The van der Waals surface area contributed by atoms with Crippen LogP contribution in [0.1, 0.15) is 11.6 Å². The zero-order valence-corrected chi connectivity index (χ0v) is 15.4. The molecule has 1 fully saturated rings. The van der Waals surface area contributed by atoms with Crippen LogP contribution < -0.4 is 10.1 Å². The number of rotatable bonds is 6. The van der Waals surface area contributed by atoms with Crippen molar-refractivity contribution in [2.45, 2.75) is 5.92 Å². The molecule has 146 valence electrons. The van der Waals surface area contributed by atoms with Gasteiger partial charge in [-0.25, -0.2) is 14.2 Å². The van der Waals surface area contributed by atoms with E-state index in [-0.39, 0.29) is 5.82 Å². The number of hydrogen-bond donors (Lipinski definition) is 3. The Morgan fingerprint density at radius 1 is 1.36 bits per heavy atom. The number of carboxylic acid groups (broad SMARTS) is 1. The van der Waals surface area contributed by atoms with Crippen LogP contribution in [0.25, 0.3) is 22.2 Å². The van der Waals surface area contributed by atoms with Crippen molar-refractivity contribution in [3.8, 4) is 16.9 Å². The average molecular weight is 384 g/mol. The third kappa shape index (κ3) is 3.50. The Hall–Kier alpha value is -3.13. The first-order valence-corrected chi connectivity index (χ1v) is 9.06. The van der Waals surface area contributed by atoms with Crippen LogP contribution in [-0.4, -0.2) is 59.4 Å². The van der Waals surface area contributed by atoms with E-state index in [0.29, 0.717) is 30.3 Å². The molecule has 7 nitrogen and oxygen atoms in total. The van der Waals surface area contributed by atoms with Crippen LogP contribution in [-0.2, 0) is 0 Å². The molecule has 3 N–H and O–H groups in total. The lowest BCUT2D eigenvalue weighted by atomic mass is 9.95. The van der Waals surface area contributed by atoms with E-state index in [9.17, 15) is 9.18 Å². The molecule has 3 aromatic rings. The van der Waals surface area contributed by atoms with Gasteiger partial charge in [0.2, 0.25) is 0 Å². The van der Waals surface area contributed by atoms with Gasteiger partial charge in [0.15, 0.2) is 0 Å². The molecule has 3 heterocycles. The van der Waals surface area contributed by atoms with Crippen LogP contribution in [0.15, 0.2) is 36.5 Å². The molecule has 2 aromatic heterocycles. The SMILES string of the molecule is COc1ccc(F)cc1-c1ccnc2[nH]c(C3CN(CCNC(=O)O)C3)cc12. The Bertz CT molecular complexity index is 1010. The number of benzene rings is 1. The summed E-state index contributed by atoms with van der Waals surface area (Å²) in [6, 6.07) is 8.41. The van der Waals surface area contributed by atoms with Crippen LogP contribution in [0.4, 0.5) is 9.18 Å². The zero-order valence-electron chi connectivity index (χ0n) is 15.4. The second-order valence-electron chi connectivity index (χ2n) is 6.88. The molecule has 1 saturated heterocycles. The largest absolute Gasteiger partial charge is 0.496 e. The Balaban J connectivity index is 1.56. The summed E-state index contributed by atoms with van der Waals surface area (Å²) in [5.41, 5.74) is 3.39. The molecular formula is C20H21FN4O3. The van der Waals surface area contributed by atoms with Gasteiger partial charge in [0.25, 0.3) is 0 Å². The summed E-state index contributed by atoms with van der Waals surface area (Å²) < 4.78 is 19.2. The Kier molecular flexibility index (Phi) is 4.87. The summed E-state index contributed by atoms with van der Waals surface area (Å²) in [5, 5.41) is 11.9. The molecule has 1 amide bonds. The minimum absolute atomic E-state index is 0.318. The molecule has 1 aliphatic heterocycles. The first-order valence-electron chi connectivity index (χ1n) is 9.06. The second-order valence-corrected chi connectivity index (χ2v) is 6.88.